The topological polar surface area (TPSA) is 66.0 Å². The molecule has 0 saturated carbocycles. The number of benzene rings is 2. The van der Waals surface area contributed by atoms with Gasteiger partial charge in [-0.1, -0.05) is 24.3 Å². The molecule has 1 saturated heterocycles. The van der Waals surface area contributed by atoms with Crippen LogP contribution >= 0.6 is 0 Å². The smallest absolute Gasteiger partial charge is 0.227 e. The van der Waals surface area contributed by atoms with Crippen molar-refractivity contribution in [3.63, 3.8) is 0 Å². The highest BCUT2D eigenvalue weighted by molar-refractivity contribution is 5.84. The molecule has 172 valence electrons. The number of pyridine rings is 1. The maximum Gasteiger partial charge on any atom is 0.227 e. The van der Waals surface area contributed by atoms with E-state index in [1.54, 1.807) is 0 Å². The quantitative estimate of drug-likeness (QED) is 0.462. The predicted molar refractivity (Wildman–Crippen MR) is 137 cm³/mol. The van der Waals surface area contributed by atoms with Gasteiger partial charge in [-0.2, -0.15) is 0 Å². The first kappa shape index (κ1) is 21.2. The van der Waals surface area contributed by atoms with Crippen LogP contribution in [0.25, 0.3) is 22.0 Å². The zero-order valence-electron chi connectivity index (χ0n) is 19.6. The van der Waals surface area contributed by atoms with Crippen molar-refractivity contribution in [3.8, 4) is 11.1 Å². The first-order valence-corrected chi connectivity index (χ1v) is 12.2. The van der Waals surface area contributed by atoms with Crippen LogP contribution in [0.5, 0.6) is 0 Å². The number of piperidine rings is 1. The minimum Gasteiger partial charge on any atom is -0.324 e. The van der Waals surface area contributed by atoms with Gasteiger partial charge in [0, 0.05) is 54.2 Å². The highest BCUT2D eigenvalue weighted by Crippen LogP contribution is 2.29. The van der Waals surface area contributed by atoms with Crippen molar-refractivity contribution >= 4 is 22.5 Å². The largest absolute Gasteiger partial charge is 0.324 e. The Morgan fingerprint density at radius 1 is 0.941 bits per heavy atom. The van der Waals surface area contributed by atoms with Gasteiger partial charge in [0.05, 0.1) is 5.52 Å². The molecule has 4 aromatic rings. The van der Waals surface area contributed by atoms with Gasteiger partial charge in [-0.05, 0) is 79.9 Å². The SMILES string of the molecule is CN1CCC(c2ccc(Nc3ncc4ccc(-c5cnc6c(c5)CNCC6)cc4n3)cc2)CC1. The van der Waals surface area contributed by atoms with Crippen LogP contribution in [-0.2, 0) is 13.0 Å². The van der Waals surface area contributed by atoms with Gasteiger partial charge in [0.2, 0.25) is 5.95 Å². The maximum absolute atomic E-state index is 4.80. The van der Waals surface area contributed by atoms with Gasteiger partial charge in [0.1, 0.15) is 0 Å². The second-order valence-electron chi connectivity index (χ2n) is 9.55. The molecule has 2 aliphatic rings. The lowest BCUT2D eigenvalue weighted by Crippen LogP contribution is -2.29. The Morgan fingerprint density at radius 2 is 1.79 bits per heavy atom. The summed E-state index contributed by atoms with van der Waals surface area (Å²) in [5.41, 5.74) is 8.11. The lowest BCUT2D eigenvalue weighted by atomic mass is 9.89. The third kappa shape index (κ3) is 4.39. The minimum absolute atomic E-state index is 0.615. The molecule has 0 radical (unpaired) electrons. The fourth-order valence-electron chi connectivity index (χ4n) is 5.08. The maximum atomic E-state index is 4.80. The van der Waals surface area contributed by atoms with Crippen molar-refractivity contribution in [2.75, 3.05) is 32.0 Å². The first-order valence-electron chi connectivity index (χ1n) is 12.2. The second kappa shape index (κ2) is 9.12. The van der Waals surface area contributed by atoms with E-state index in [9.17, 15) is 0 Å². The summed E-state index contributed by atoms with van der Waals surface area (Å²) in [5, 5.41) is 7.84. The standard InChI is InChI=1S/C28H30N6/c1-34-12-9-20(10-13-34)19-4-6-25(7-5-19)32-28-31-17-22-3-2-21(15-27(22)33-28)23-14-24-16-29-11-8-26(24)30-18-23/h2-7,14-15,17-18,20,29H,8-13,16H2,1H3,(H,31,32,33). The van der Waals surface area contributed by atoms with E-state index >= 15 is 0 Å². The highest BCUT2D eigenvalue weighted by atomic mass is 15.1. The van der Waals surface area contributed by atoms with E-state index in [1.165, 1.54) is 42.8 Å². The van der Waals surface area contributed by atoms with Crippen LogP contribution in [0.15, 0.2) is 60.9 Å². The van der Waals surface area contributed by atoms with Crippen molar-refractivity contribution in [1.29, 1.82) is 0 Å². The molecule has 34 heavy (non-hydrogen) atoms. The molecule has 2 aliphatic heterocycles. The number of nitrogens with zero attached hydrogens (tertiary/aromatic N) is 4. The summed E-state index contributed by atoms with van der Waals surface area (Å²) in [4.78, 5) is 16.5. The Bertz CT molecular complexity index is 1310. The Hall–Kier alpha value is -3.35. The minimum atomic E-state index is 0.615. The molecule has 0 unspecified atom stereocenters. The Labute approximate surface area is 200 Å². The molecule has 6 nitrogen and oxygen atoms in total. The lowest BCUT2D eigenvalue weighted by Gasteiger charge is -2.29. The fourth-order valence-corrected chi connectivity index (χ4v) is 5.08. The van der Waals surface area contributed by atoms with E-state index in [2.05, 4.69) is 76.1 Å². The summed E-state index contributed by atoms with van der Waals surface area (Å²) in [7, 11) is 2.21. The van der Waals surface area contributed by atoms with Crippen molar-refractivity contribution < 1.29 is 0 Å². The molecule has 0 bridgehead atoms. The van der Waals surface area contributed by atoms with Gasteiger partial charge >= 0.3 is 0 Å². The summed E-state index contributed by atoms with van der Waals surface area (Å²) in [5.74, 6) is 1.28. The zero-order valence-corrected chi connectivity index (χ0v) is 19.6. The lowest BCUT2D eigenvalue weighted by molar-refractivity contribution is 0.255. The summed E-state index contributed by atoms with van der Waals surface area (Å²) in [6.07, 6.45) is 7.33. The van der Waals surface area contributed by atoms with Gasteiger partial charge < -0.3 is 15.5 Å². The number of hydrogen-bond acceptors (Lipinski definition) is 6. The normalized spacial score (nSPS) is 17.0. The molecule has 2 aromatic heterocycles. The number of fused-ring (bicyclic) bond motifs is 2. The number of anilines is 2. The summed E-state index contributed by atoms with van der Waals surface area (Å²) < 4.78 is 0. The monoisotopic (exact) mass is 450 g/mol. The third-order valence-electron chi connectivity index (χ3n) is 7.19. The molecule has 0 aliphatic carbocycles. The van der Waals surface area contributed by atoms with Crippen LogP contribution in [0, 0.1) is 0 Å². The molecule has 0 amide bonds. The molecular weight excluding hydrogens is 420 g/mol. The van der Waals surface area contributed by atoms with E-state index in [0.29, 0.717) is 11.9 Å². The van der Waals surface area contributed by atoms with Gasteiger partial charge in [0.25, 0.3) is 0 Å². The molecule has 1 fully saturated rings. The van der Waals surface area contributed by atoms with Crippen LogP contribution in [0.1, 0.15) is 35.6 Å². The van der Waals surface area contributed by atoms with Crippen LogP contribution in [0.3, 0.4) is 0 Å². The van der Waals surface area contributed by atoms with Crippen LogP contribution in [-0.4, -0.2) is 46.5 Å². The van der Waals surface area contributed by atoms with Crippen LogP contribution < -0.4 is 10.6 Å². The Kier molecular flexibility index (Phi) is 5.69. The molecular formula is C28H30N6. The molecule has 0 spiro atoms. The molecule has 2 N–H and O–H groups in total. The van der Waals surface area contributed by atoms with Crippen LogP contribution in [0.4, 0.5) is 11.6 Å². The van der Waals surface area contributed by atoms with E-state index in [-0.39, 0.29) is 0 Å². The molecule has 4 heterocycles. The molecule has 0 atom stereocenters. The van der Waals surface area contributed by atoms with E-state index < -0.39 is 0 Å². The average Bonchev–Trinajstić information content (AvgIpc) is 2.89. The van der Waals surface area contributed by atoms with E-state index in [0.717, 1.165) is 47.2 Å². The van der Waals surface area contributed by atoms with Crippen LogP contribution in [0.2, 0.25) is 0 Å². The van der Waals surface area contributed by atoms with E-state index in [1.807, 2.05) is 12.4 Å². The Balaban J connectivity index is 1.21. The second-order valence-corrected chi connectivity index (χ2v) is 9.55. The fraction of sp³-hybridized carbons (Fsp3) is 0.321. The summed E-state index contributed by atoms with van der Waals surface area (Å²) >= 11 is 0. The van der Waals surface area contributed by atoms with Gasteiger partial charge in [-0.15, -0.1) is 0 Å². The molecule has 6 heteroatoms. The molecule has 2 aromatic carbocycles. The van der Waals surface area contributed by atoms with Crippen molar-refractivity contribution in [1.82, 2.24) is 25.2 Å². The zero-order chi connectivity index (χ0) is 22.9. The average molecular weight is 451 g/mol. The first-order chi connectivity index (χ1) is 16.7. The van der Waals surface area contributed by atoms with Gasteiger partial charge in [-0.3, -0.25) is 4.98 Å². The van der Waals surface area contributed by atoms with Crippen molar-refractivity contribution in [2.45, 2.75) is 31.7 Å². The van der Waals surface area contributed by atoms with Crippen molar-refractivity contribution in [3.05, 3.63) is 77.7 Å². The number of rotatable bonds is 4. The Morgan fingerprint density at radius 3 is 2.65 bits per heavy atom. The van der Waals surface area contributed by atoms with Crippen molar-refractivity contribution in [2.24, 2.45) is 0 Å². The number of likely N-dealkylation sites (tertiary alicyclic amines) is 1. The predicted octanol–water partition coefficient (Wildman–Crippen LogP) is 4.89. The summed E-state index contributed by atoms with van der Waals surface area (Å²) in [6.45, 7) is 4.24. The van der Waals surface area contributed by atoms with Gasteiger partial charge in [0.15, 0.2) is 0 Å². The number of aromatic nitrogens is 3. The van der Waals surface area contributed by atoms with E-state index in [4.69, 9.17) is 9.97 Å². The number of nitrogens with one attached hydrogen (secondary N) is 2. The summed E-state index contributed by atoms with van der Waals surface area (Å²) in [6, 6.07) is 17.4. The third-order valence-corrected chi connectivity index (χ3v) is 7.19. The van der Waals surface area contributed by atoms with Gasteiger partial charge in [-0.25, -0.2) is 9.97 Å². The molecule has 6 rings (SSSR count). The highest BCUT2D eigenvalue weighted by Gasteiger charge is 2.18. The number of hydrogen-bond donors (Lipinski definition) is 2.